The number of hydrogen-bond acceptors (Lipinski definition) is 3. The van der Waals surface area contributed by atoms with Gasteiger partial charge in [0.1, 0.15) is 4.90 Å². The molecule has 0 saturated heterocycles. The molecule has 0 aliphatic carbocycles. The minimum absolute atomic E-state index is 0.194. The van der Waals surface area contributed by atoms with Gasteiger partial charge in [0.2, 0.25) is 10.0 Å². The number of nitrogens with zero attached hydrogens (tertiary/aromatic N) is 1. The Morgan fingerprint density at radius 3 is 2.35 bits per heavy atom. The first-order valence-electron chi connectivity index (χ1n) is 6.50. The molecule has 0 saturated carbocycles. The molecule has 0 amide bonds. The van der Waals surface area contributed by atoms with Gasteiger partial charge in [0.15, 0.2) is 0 Å². The highest BCUT2D eigenvalue weighted by atomic mass is 32.2. The number of nitrogen functional groups attached to an aromatic ring is 1. The van der Waals surface area contributed by atoms with Gasteiger partial charge in [-0.25, -0.2) is 8.42 Å². The zero-order valence-electron chi connectivity index (χ0n) is 11.0. The molecule has 4 nitrogen and oxygen atoms in total. The summed E-state index contributed by atoms with van der Waals surface area (Å²) in [7, 11) is -3.53. The Balaban J connectivity index is 1.97. The first kappa shape index (κ1) is 13.1. The second-order valence-electron chi connectivity index (χ2n) is 4.90. The molecule has 0 bridgehead atoms. The van der Waals surface area contributed by atoms with Gasteiger partial charge in [0, 0.05) is 13.1 Å². The van der Waals surface area contributed by atoms with Crippen LogP contribution in [0.2, 0.25) is 0 Å². The van der Waals surface area contributed by atoms with Crippen LogP contribution in [0.3, 0.4) is 0 Å². The summed E-state index contributed by atoms with van der Waals surface area (Å²) < 4.78 is 26.8. The Morgan fingerprint density at radius 1 is 0.950 bits per heavy atom. The highest BCUT2D eigenvalue weighted by molar-refractivity contribution is 7.89. The molecule has 20 heavy (non-hydrogen) atoms. The van der Waals surface area contributed by atoms with Gasteiger partial charge < -0.3 is 5.73 Å². The van der Waals surface area contributed by atoms with Crippen molar-refractivity contribution >= 4 is 15.7 Å². The van der Waals surface area contributed by atoms with Gasteiger partial charge in [-0.2, -0.15) is 4.31 Å². The maximum atomic E-state index is 12.7. The van der Waals surface area contributed by atoms with Crippen molar-refractivity contribution in [3.8, 4) is 0 Å². The number of anilines is 1. The van der Waals surface area contributed by atoms with Gasteiger partial charge in [-0.3, -0.25) is 0 Å². The smallest absolute Gasteiger partial charge is 0.245 e. The van der Waals surface area contributed by atoms with Crippen LogP contribution in [-0.2, 0) is 23.0 Å². The van der Waals surface area contributed by atoms with E-state index in [1.54, 1.807) is 24.3 Å². The van der Waals surface area contributed by atoms with Crippen LogP contribution in [0, 0.1) is 0 Å². The third-order valence-corrected chi connectivity index (χ3v) is 5.55. The molecular weight excluding hydrogens is 272 g/mol. The molecule has 0 fully saturated rings. The molecule has 0 spiro atoms. The predicted molar refractivity (Wildman–Crippen MR) is 78.6 cm³/mol. The molecule has 3 rings (SSSR count). The summed E-state index contributed by atoms with van der Waals surface area (Å²) in [5, 5.41) is 0. The zero-order valence-corrected chi connectivity index (χ0v) is 11.8. The van der Waals surface area contributed by atoms with Crippen LogP contribution in [0.15, 0.2) is 53.4 Å². The van der Waals surface area contributed by atoms with Crippen molar-refractivity contribution in [3.05, 3.63) is 59.7 Å². The van der Waals surface area contributed by atoms with Crippen LogP contribution < -0.4 is 5.73 Å². The number of hydrogen-bond donors (Lipinski definition) is 1. The summed E-state index contributed by atoms with van der Waals surface area (Å²) in [5.74, 6) is 0. The third kappa shape index (κ3) is 2.19. The van der Waals surface area contributed by atoms with Gasteiger partial charge in [0.05, 0.1) is 5.69 Å². The minimum atomic E-state index is -3.53. The molecular formula is C15H16N2O2S. The van der Waals surface area contributed by atoms with Crippen LogP contribution in [-0.4, -0.2) is 19.3 Å². The molecule has 0 radical (unpaired) electrons. The van der Waals surface area contributed by atoms with Gasteiger partial charge in [-0.1, -0.05) is 36.4 Å². The van der Waals surface area contributed by atoms with Crippen molar-refractivity contribution in [1.82, 2.24) is 4.31 Å². The van der Waals surface area contributed by atoms with Crippen molar-refractivity contribution < 1.29 is 8.42 Å². The van der Waals surface area contributed by atoms with E-state index in [4.69, 9.17) is 5.73 Å². The Hall–Kier alpha value is -1.85. The lowest BCUT2D eigenvalue weighted by Crippen LogP contribution is -2.36. The van der Waals surface area contributed by atoms with Crippen LogP contribution in [0.5, 0.6) is 0 Å². The van der Waals surface area contributed by atoms with E-state index in [0.717, 1.165) is 12.0 Å². The number of rotatable bonds is 2. The fourth-order valence-corrected chi connectivity index (χ4v) is 4.06. The van der Waals surface area contributed by atoms with E-state index in [1.807, 2.05) is 18.2 Å². The summed E-state index contributed by atoms with van der Waals surface area (Å²) in [6.07, 6.45) is 0.738. The highest BCUT2D eigenvalue weighted by Crippen LogP contribution is 2.27. The number of fused-ring (bicyclic) bond motifs is 1. The normalized spacial score (nSPS) is 15.8. The van der Waals surface area contributed by atoms with Crippen molar-refractivity contribution in [3.63, 3.8) is 0 Å². The van der Waals surface area contributed by atoms with Gasteiger partial charge >= 0.3 is 0 Å². The van der Waals surface area contributed by atoms with E-state index < -0.39 is 10.0 Å². The molecule has 0 aromatic heterocycles. The lowest BCUT2D eigenvalue weighted by molar-refractivity contribution is 0.391. The number of nitrogens with two attached hydrogens (primary N) is 1. The Labute approximate surface area is 118 Å². The molecule has 0 unspecified atom stereocenters. The van der Waals surface area contributed by atoms with Crippen LogP contribution >= 0.6 is 0 Å². The summed E-state index contributed by atoms with van der Waals surface area (Å²) in [5.41, 5.74) is 8.39. The monoisotopic (exact) mass is 288 g/mol. The third-order valence-electron chi connectivity index (χ3n) is 3.63. The minimum Gasteiger partial charge on any atom is -0.398 e. The van der Waals surface area contributed by atoms with Crippen LogP contribution in [0.1, 0.15) is 11.1 Å². The van der Waals surface area contributed by atoms with E-state index in [0.29, 0.717) is 18.8 Å². The molecule has 2 aromatic rings. The molecule has 1 aliphatic rings. The van der Waals surface area contributed by atoms with E-state index in [9.17, 15) is 8.42 Å². The highest BCUT2D eigenvalue weighted by Gasteiger charge is 2.29. The summed E-state index contributed by atoms with van der Waals surface area (Å²) in [4.78, 5) is 0.194. The van der Waals surface area contributed by atoms with E-state index in [-0.39, 0.29) is 4.90 Å². The van der Waals surface area contributed by atoms with Gasteiger partial charge in [-0.05, 0) is 29.7 Å². The van der Waals surface area contributed by atoms with Crippen LogP contribution in [0.4, 0.5) is 5.69 Å². The predicted octanol–water partition coefficient (Wildman–Crippen LogP) is 2.02. The summed E-state index contributed by atoms with van der Waals surface area (Å²) >= 11 is 0. The van der Waals surface area contributed by atoms with Crippen molar-refractivity contribution in [2.75, 3.05) is 12.3 Å². The van der Waals surface area contributed by atoms with E-state index in [1.165, 1.54) is 9.87 Å². The average Bonchev–Trinajstić information content (AvgIpc) is 2.47. The molecule has 1 aliphatic heterocycles. The second kappa shape index (κ2) is 4.92. The Morgan fingerprint density at radius 2 is 1.60 bits per heavy atom. The lowest BCUT2D eigenvalue weighted by Gasteiger charge is -2.28. The van der Waals surface area contributed by atoms with Crippen molar-refractivity contribution in [2.24, 2.45) is 0 Å². The molecule has 2 aromatic carbocycles. The molecule has 0 atom stereocenters. The number of para-hydroxylation sites is 1. The molecule has 2 N–H and O–H groups in total. The standard InChI is InChI=1S/C15H16N2O2S/c16-14-7-3-4-8-15(14)20(18,19)17-10-9-12-5-1-2-6-13(12)11-17/h1-8H,9-11,16H2. The summed E-state index contributed by atoms with van der Waals surface area (Å²) in [6.45, 7) is 0.903. The molecule has 104 valence electrons. The van der Waals surface area contributed by atoms with E-state index >= 15 is 0 Å². The Kier molecular flexibility index (Phi) is 3.23. The van der Waals surface area contributed by atoms with Crippen molar-refractivity contribution in [2.45, 2.75) is 17.9 Å². The van der Waals surface area contributed by atoms with E-state index in [2.05, 4.69) is 6.07 Å². The second-order valence-corrected chi connectivity index (χ2v) is 6.80. The largest absolute Gasteiger partial charge is 0.398 e. The Bertz CT molecular complexity index is 741. The zero-order chi connectivity index (χ0) is 14.2. The number of sulfonamides is 1. The van der Waals surface area contributed by atoms with Gasteiger partial charge in [0.25, 0.3) is 0 Å². The maximum absolute atomic E-state index is 12.7. The fraction of sp³-hybridized carbons (Fsp3) is 0.200. The first-order valence-corrected chi connectivity index (χ1v) is 7.94. The van der Waals surface area contributed by atoms with Gasteiger partial charge in [-0.15, -0.1) is 0 Å². The lowest BCUT2D eigenvalue weighted by atomic mass is 10.0. The van der Waals surface area contributed by atoms with Crippen molar-refractivity contribution in [1.29, 1.82) is 0 Å². The summed E-state index contributed by atoms with van der Waals surface area (Å²) in [6, 6.07) is 14.6. The molecule has 5 heteroatoms. The topological polar surface area (TPSA) is 63.4 Å². The number of benzene rings is 2. The quantitative estimate of drug-likeness (QED) is 0.860. The SMILES string of the molecule is Nc1ccccc1S(=O)(=O)N1CCc2ccccc2C1. The molecule has 1 heterocycles. The maximum Gasteiger partial charge on any atom is 0.245 e. The van der Waals surface area contributed by atoms with Crippen LogP contribution in [0.25, 0.3) is 0 Å². The first-order chi connectivity index (χ1) is 9.59. The average molecular weight is 288 g/mol. The fourth-order valence-electron chi connectivity index (χ4n) is 2.53.